The minimum absolute atomic E-state index is 0.576. The van der Waals surface area contributed by atoms with Crippen LogP contribution in [0.4, 0.5) is 0 Å². The van der Waals surface area contributed by atoms with Crippen molar-refractivity contribution >= 4 is 0 Å². The Morgan fingerprint density at radius 3 is 2.57 bits per heavy atom. The predicted octanol–water partition coefficient (Wildman–Crippen LogP) is 1.32. The summed E-state index contributed by atoms with van der Waals surface area (Å²) in [5, 5.41) is 17.0. The van der Waals surface area contributed by atoms with Gasteiger partial charge in [0.1, 0.15) is 5.69 Å². The molecule has 4 nitrogen and oxygen atoms in total. The molecule has 0 fully saturated rings. The minimum Gasteiger partial charge on any atom is -0.387 e. The fourth-order valence-electron chi connectivity index (χ4n) is 1.18. The van der Waals surface area contributed by atoms with Gasteiger partial charge in [-0.3, -0.25) is 0 Å². The number of aliphatic hydroxyl groups is 1. The highest BCUT2D eigenvalue weighted by molar-refractivity contribution is 5.29. The Hall–Kier alpha value is -1.68. The highest BCUT2D eigenvalue weighted by Crippen LogP contribution is 2.10. The van der Waals surface area contributed by atoms with Crippen molar-refractivity contribution in [3.05, 3.63) is 42.2 Å². The highest BCUT2D eigenvalue weighted by Gasteiger charge is 2.06. The largest absolute Gasteiger partial charge is 0.387 e. The summed E-state index contributed by atoms with van der Waals surface area (Å²) in [6.45, 7) is 1.67. The number of nitrogens with zero attached hydrogens (tertiary/aromatic N) is 3. The molecule has 0 amide bonds. The third-order valence-corrected chi connectivity index (χ3v) is 1.96. The Labute approximate surface area is 81.8 Å². The van der Waals surface area contributed by atoms with Gasteiger partial charge in [-0.1, -0.05) is 23.4 Å². The van der Waals surface area contributed by atoms with Gasteiger partial charge in [0, 0.05) is 0 Å². The Morgan fingerprint density at radius 2 is 2.00 bits per heavy atom. The summed E-state index contributed by atoms with van der Waals surface area (Å²) in [4.78, 5) is 0. The zero-order valence-electron chi connectivity index (χ0n) is 7.83. The molecule has 2 rings (SSSR count). The van der Waals surface area contributed by atoms with E-state index in [1.807, 2.05) is 30.3 Å². The smallest absolute Gasteiger partial charge is 0.111 e. The third kappa shape index (κ3) is 1.65. The van der Waals surface area contributed by atoms with E-state index in [0.29, 0.717) is 5.69 Å². The molecule has 0 saturated heterocycles. The van der Waals surface area contributed by atoms with E-state index in [4.69, 9.17) is 0 Å². The average Bonchev–Trinajstić information content (AvgIpc) is 2.68. The van der Waals surface area contributed by atoms with E-state index in [0.717, 1.165) is 5.69 Å². The van der Waals surface area contributed by atoms with Crippen molar-refractivity contribution in [3.8, 4) is 5.69 Å². The molecule has 1 N–H and O–H groups in total. The Bertz CT molecular complexity index is 408. The van der Waals surface area contributed by atoms with Crippen LogP contribution in [0.15, 0.2) is 36.5 Å². The first-order valence-corrected chi connectivity index (χ1v) is 4.43. The van der Waals surface area contributed by atoms with E-state index < -0.39 is 6.10 Å². The van der Waals surface area contributed by atoms with Crippen LogP contribution in [0.25, 0.3) is 5.69 Å². The van der Waals surface area contributed by atoms with Crippen molar-refractivity contribution in [2.24, 2.45) is 0 Å². The van der Waals surface area contributed by atoms with Crippen molar-refractivity contribution in [2.45, 2.75) is 13.0 Å². The van der Waals surface area contributed by atoms with Gasteiger partial charge in [0.2, 0.25) is 0 Å². The van der Waals surface area contributed by atoms with Crippen LogP contribution < -0.4 is 0 Å². The summed E-state index contributed by atoms with van der Waals surface area (Å²) in [5.41, 5.74) is 1.51. The first-order chi connectivity index (χ1) is 6.77. The second-order valence-electron chi connectivity index (χ2n) is 3.10. The van der Waals surface area contributed by atoms with Gasteiger partial charge in [-0.25, -0.2) is 4.68 Å². The standard InChI is InChI=1S/C10H11N3O/c1-8(14)10-7-13(12-11-10)9-5-3-2-4-6-9/h2-8,14H,1H3/t8-/m1/s1. The molecule has 0 radical (unpaired) electrons. The van der Waals surface area contributed by atoms with Gasteiger partial charge in [-0.2, -0.15) is 0 Å². The summed E-state index contributed by atoms with van der Waals surface area (Å²) in [5.74, 6) is 0. The van der Waals surface area contributed by atoms with Gasteiger partial charge >= 0.3 is 0 Å². The van der Waals surface area contributed by atoms with Crippen molar-refractivity contribution < 1.29 is 5.11 Å². The first-order valence-electron chi connectivity index (χ1n) is 4.43. The lowest BCUT2D eigenvalue weighted by Gasteiger charge is -1.98. The fourth-order valence-corrected chi connectivity index (χ4v) is 1.18. The average molecular weight is 189 g/mol. The maximum atomic E-state index is 9.27. The fraction of sp³-hybridized carbons (Fsp3) is 0.200. The van der Waals surface area contributed by atoms with Gasteiger partial charge in [-0.05, 0) is 19.1 Å². The Balaban J connectivity index is 2.34. The van der Waals surface area contributed by atoms with Gasteiger partial charge in [0.15, 0.2) is 0 Å². The summed E-state index contributed by atoms with van der Waals surface area (Å²) in [6, 6.07) is 9.66. The molecule has 0 saturated carbocycles. The van der Waals surface area contributed by atoms with Crippen LogP contribution in [-0.4, -0.2) is 20.1 Å². The van der Waals surface area contributed by atoms with Crippen LogP contribution in [0.3, 0.4) is 0 Å². The van der Waals surface area contributed by atoms with Gasteiger partial charge in [-0.15, -0.1) is 5.10 Å². The molecule has 1 aromatic heterocycles. The number of hydrogen-bond donors (Lipinski definition) is 1. The molecule has 72 valence electrons. The molecule has 0 unspecified atom stereocenters. The summed E-state index contributed by atoms with van der Waals surface area (Å²) >= 11 is 0. The maximum Gasteiger partial charge on any atom is 0.111 e. The number of hydrogen-bond acceptors (Lipinski definition) is 3. The van der Waals surface area contributed by atoms with Crippen molar-refractivity contribution in [1.29, 1.82) is 0 Å². The topological polar surface area (TPSA) is 50.9 Å². The molecule has 0 aliphatic rings. The van der Waals surface area contributed by atoms with Crippen LogP contribution in [0.5, 0.6) is 0 Å². The zero-order chi connectivity index (χ0) is 9.97. The Morgan fingerprint density at radius 1 is 1.29 bits per heavy atom. The van der Waals surface area contributed by atoms with Gasteiger partial charge in [0.05, 0.1) is 18.0 Å². The molecule has 1 heterocycles. The molecular formula is C10H11N3O. The molecule has 2 aromatic rings. The molecule has 0 aliphatic carbocycles. The Kier molecular flexibility index (Phi) is 2.28. The van der Waals surface area contributed by atoms with E-state index in [2.05, 4.69) is 10.3 Å². The normalized spacial score (nSPS) is 12.7. The number of aromatic nitrogens is 3. The molecule has 0 aliphatic heterocycles. The van der Waals surface area contributed by atoms with Crippen LogP contribution in [0, 0.1) is 0 Å². The lowest BCUT2D eigenvalue weighted by Crippen LogP contribution is -1.93. The third-order valence-electron chi connectivity index (χ3n) is 1.96. The van der Waals surface area contributed by atoms with E-state index in [1.165, 1.54) is 0 Å². The summed E-state index contributed by atoms with van der Waals surface area (Å²) in [7, 11) is 0. The van der Waals surface area contributed by atoms with E-state index in [9.17, 15) is 5.11 Å². The van der Waals surface area contributed by atoms with E-state index in [1.54, 1.807) is 17.8 Å². The SMILES string of the molecule is C[C@@H](O)c1cn(-c2ccccc2)nn1. The number of para-hydroxylation sites is 1. The zero-order valence-corrected chi connectivity index (χ0v) is 7.83. The number of rotatable bonds is 2. The predicted molar refractivity (Wildman–Crippen MR) is 52.0 cm³/mol. The minimum atomic E-state index is -0.576. The molecule has 4 heteroatoms. The molecule has 1 atom stereocenters. The molecular weight excluding hydrogens is 178 g/mol. The lowest BCUT2D eigenvalue weighted by molar-refractivity contribution is 0.194. The number of aliphatic hydroxyl groups excluding tert-OH is 1. The van der Waals surface area contributed by atoms with Crippen molar-refractivity contribution in [1.82, 2.24) is 15.0 Å². The monoisotopic (exact) mass is 189 g/mol. The van der Waals surface area contributed by atoms with Crippen LogP contribution in [-0.2, 0) is 0 Å². The molecule has 1 aromatic carbocycles. The van der Waals surface area contributed by atoms with Crippen molar-refractivity contribution in [2.75, 3.05) is 0 Å². The van der Waals surface area contributed by atoms with E-state index in [-0.39, 0.29) is 0 Å². The molecule has 0 spiro atoms. The highest BCUT2D eigenvalue weighted by atomic mass is 16.3. The van der Waals surface area contributed by atoms with Gasteiger partial charge in [0.25, 0.3) is 0 Å². The summed E-state index contributed by atoms with van der Waals surface area (Å²) in [6.07, 6.45) is 1.15. The molecule has 14 heavy (non-hydrogen) atoms. The van der Waals surface area contributed by atoms with Crippen molar-refractivity contribution in [3.63, 3.8) is 0 Å². The molecule has 0 bridgehead atoms. The van der Waals surface area contributed by atoms with Crippen LogP contribution in [0.1, 0.15) is 18.7 Å². The second kappa shape index (κ2) is 3.59. The van der Waals surface area contributed by atoms with Gasteiger partial charge < -0.3 is 5.11 Å². The second-order valence-corrected chi connectivity index (χ2v) is 3.10. The summed E-state index contributed by atoms with van der Waals surface area (Å²) < 4.78 is 1.64. The maximum absolute atomic E-state index is 9.27. The van der Waals surface area contributed by atoms with Crippen LogP contribution in [0.2, 0.25) is 0 Å². The van der Waals surface area contributed by atoms with Crippen LogP contribution >= 0.6 is 0 Å². The first kappa shape index (κ1) is 8.90. The quantitative estimate of drug-likeness (QED) is 0.775. The number of benzene rings is 1. The van der Waals surface area contributed by atoms with E-state index >= 15 is 0 Å². The lowest BCUT2D eigenvalue weighted by atomic mass is 10.3.